The molecule has 0 rings (SSSR count). The van der Waals surface area contributed by atoms with Gasteiger partial charge in [-0.05, 0) is 19.4 Å². The van der Waals surface area contributed by atoms with Gasteiger partial charge in [0.25, 0.3) is 0 Å². The zero-order chi connectivity index (χ0) is 10.8. The van der Waals surface area contributed by atoms with E-state index in [0.717, 1.165) is 12.8 Å². The highest BCUT2D eigenvalue weighted by Crippen LogP contribution is 2.01. The Balaban J connectivity index is 3.13. The SMILES string of the molecule is C=C(C)C(=O)OCCCCC[SiH2]OC. The van der Waals surface area contributed by atoms with Gasteiger partial charge in [-0.25, -0.2) is 4.79 Å². The van der Waals surface area contributed by atoms with E-state index in [-0.39, 0.29) is 15.7 Å². The van der Waals surface area contributed by atoms with E-state index in [1.807, 2.05) is 0 Å². The normalized spacial score (nSPS) is 10.7. The van der Waals surface area contributed by atoms with Crippen molar-refractivity contribution in [3.63, 3.8) is 0 Å². The molecule has 3 nitrogen and oxygen atoms in total. The third kappa shape index (κ3) is 8.01. The van der Waals surface area contributed by atoms with Gasteiger partial charge >= 0.3 is 5.97 Å². The quantitative estimate of drug-likeness (QED) is 0.266. The summed E-state index contributed by atoms with van der Waals surface area (Å²) in [4.78, 5) is 10.9. The van der Waals surface area contributed by atoms with Crippen LogP contribution in [0, 0.1) is 0 Å². The van der Waals surface area contributed by atoms with E-state index in [1.165, 1.54) is 12.5 Å². The number of hydrogen-bond donors (Lipinski definition) is 0. The molecule has 0 heterocycles. The number of carbonyl (C=O) groups excluding carboxylic acids is 1. The maximum atomic E-state index is 10.9. The molecule has 0 atom stereocenters. The summed E-state index contributed by atoms with van der Waals surface area (Å²) in [5, 5.41) is 0. The van der Waals surface area contributed by atoms with Crippen molar-refractivity contribution >= 4 is 15.7 Å². The lowest BCUT2D eigenvalue weighted by Gasteiger charge is -2.03. The number of rotatable bonds is 8. The Morgan fingerprint density at radius 1 is 1.36 bits per heavy atom. The van der Waals surface area contributed by atoms with Gasteiger partial charge in [-0.15, -0.1) is 0 Å². The second-order valence-electron chi connectivity index (χ2n) is 3.32. The van der Waals surface area contributed by atoms with Gasteiger partial charge in [0.2, 0.25) is 0 Å². The second-order valence-corrected chi connectivity index (χ2v) is 5.02. The molecule has 0 fully saturated rings. The highest BCUT2D eigenvalue weighted by molar-refractivity contribution is 6.26. The third-order valence-corrected chi connectivity index (χ3v) is 3.02. The number of esters is 1. The van der Waals surface area contributed by atoms with E-state index in [1.54, 1.807) is 14.0 Å². The Morgan fingerprint density at radius 2 is 2.07 bits per heavy atom. The third-order valence-electron chi connectivity index (χ3n) is 1.82. The molecule has 4 heteroatoms. The molecule has 14 heavy (non-hydrogen) atoms. The van der Waals surface area contributed by atoms with Crippen LogP contribution < -0.4 is 0 Å². The summed E-state index contributed by atoms with van der Waals surface area (Å²) < 4.78 is 10.0. The lowest BCUT2D eigenvalue weighted by molar-refractivity contribution is -0.139. The molecule has 0 unspecified atom stereocenters. The molecule has 0 aliphatic heterocycles. The van der Waals surface area contributed by atoms with Crippen LogP contribution in [0.5, 0.6) is 0 Å². The first-order chi connectivity index (χ1) is 6.68. The minimum absolute atomic E-state index is 0.263. The van der Waals surface area contributed by atoms with Gasteiger partial charge in [0, 0.05) is 12.7 Å². The number of unbranched alkanes of at least 4 members (excludes halogenated alkanes) is 2. The molecule has 0 radical (unpaired) electrons. The fourth-order valence-electron chi connectivity index (χ4n) is 0.990. The van der Waals surface area contributed by atoms with E-state index in [9.17, 15) is 4.79 Å². The number of ether oxygens (including phenoxy) is 1. The summed E-state index contributed by atoms with van der Waals surface area (Å²) in [6.07, 6.45) is 3.24. The van der Waals surface area contributed by atoms with Crippen LogP contribution in [-0.4, -0.2) is 29.4 Å². The maximum Gasteiger partial charge on any atom is 0.333 e. The maximum absolute atomic E-state index is 10.9. The van der Waals surface area contributed by atoms with Crippen LogP contribution in [0.2, 0.25) is 6.04 Å². The molecule has 82 valence electrons. The Kier molecular flexibility index (Phi) is 8.57. The Labute approximate surface area is 88.4 Å². The van der Waals surface area contributed by atoms with Crippen molar-refractivity contribution in [2.75, 3.05) is 13.7 Å². The number of hydrogen-bond acceptors (Lipinski definition) is 3. The molecule has 0 aliphatic rings. The van der Waals surface area contributed by atoms with E-state index in [0.29, 0.717) is 12.2 Å². The van der Waals surface area contributed by atoms with Crippen molar-refractivity contribution in [3.05, 3.63) is 12.2 Å². The summed E-state index contributed by atoms with van der Waals surface area (Å²) >= 11 is 0. The molecule has 0 aliphatic carbocycles. The van der Waals surface area contributed by atoms with Gasteiger partial charge < -0.3 is 9.16 Å². The molecular weight excluding hydrogens is 196 g/mol. The van der Waals surface area contributed by atoms with Gasteiger partial charge in [-0.3, -0.25) is 0 Å². The largest absolute Gasteiger partial charge is 0.462 e. The van der Waals surface area contributed by atoms with Crippen LogP contribution in [0.3, 0.4) is 0 Å². The zero-order valence-electron chi connectivity index (χ0n) is 9.17. The average Bonchev–Trinajstić information content (AvgIpc) is 2.16. The van der Waals surface area contributed by atoms with Gasteiger partial charge in [0.15, 0.2) is 9.76 Å². The van der Waals surface area contributed by atoms with Crippen LogP contribution in [0.1, 0.15) is 26.2 Å². The molecule has 0 amide bonds. The molecular formula is C10H20O3Si. The standard InChI is InChI=1S/C10H20O3Si/c1-9(2)10(11)13-7-5-4-6-8-14-12-3/h1,4-8,14H2,2-3H3. The highest BCUT2D eigenvalue weighted by atomic mass is 28.2. The fourth-order valence-corrected chi connectivity index (χ4v) is 1.84. The number of carbonyl (C=O) groups is 1. The monoisotopic (exact) mass is 216 g/mol. The van der Waals surface area contributed by atoms with Crippen molar-refractivity contribution in [2.45, 2.75) is 32.2 Å². The highest BCUT2D eigenvalue weighted by Gasteiger charge is 2.01. The summed E-state index contributed by atoms with van der Waals surface area (Å²) in [7, 11) is 1.50. The first kappa shape index (κ1) is 13.4. The molecule has 0 spiro atoms. The average molecular weight is 216 g/mol. The van der Waals surface area contributed by atoms with Crippen LogP contribution in [0.25, 0.3) is 0 Å². The topological polar surface area (TPSA) is 35.5 Å². The smallest absolute Gasteiger partial charge is 0.333 e. The van der Waals surface area contributed by atoms with Gasteiger partial charge in [0.1, 0.15) is 0 Å². The molecule has 0 aromatic rings. The van der Waals surface area contributed by atoms with E-state index in [2.05, 4.69) is 6.58 Å². The Hall–Kier alpha value is -0.613. The van der Waals surface area contributed by atoms with Crippen LogP contribution >= 0.6 is 0 Å². The van der Waals surface area contributed by atoms with E-state index >= 15 is 0 Å². The van der Waals surface area contributed by atoms with Crippen molar-refractivity contribution in [1.82, 2.24) is 0 Å². The van der Waals surface area contributed by atoms with Crippen LogP contribution in [0.4, 0.5) is 0 Å². The summed E-state index contributed by atoms with van der Waals surface area (Å²) in [6, 6.07) is 1.21. The molecule has 0 bridgehead atoms. The Morgan fingerprint density at radius 3 is 2.64 bits per heavy atom. The minimum atomic E-state index is -0.281. The van der Waals surface area contributed by atoms with Crippen molar-refractivity contribution in [1.29, 1.82) is 0 Å². The molecule has 0 aromatic heterocycles. The van der Waals surface area contributed by atoms with E-state index < -0.39 is 0 Å². The first-order valence-corrected chi connectivity index (χ1v) is 6.57. The fraction of sp³-hybridized carbons (Fsp3) is 0.700. The predicted octanol–water partition coefficient (Wildman–Crippen LogP) is 1.42. The van der Waals surface area contributed by atoms with Gasteiger partial charge in [-0.2, -0.15) is 0 Å². The van der Waals surface area contributed by atoms with Crippen molar-refractivity contribution < 1.29 is 14.0 Å². The summed E-state index contributed by atoms with van der Waals surface area (Å²) in [5.74, 6) is -0.281. The summed E-state index contributed by atoms with van der Waals surface area (Å²) in [5.41, 5.74) is 0.469. The molecule has 0 saturated heterocycles. The molecule has 0 saturated carbocycles. The zero-order valence-corrected chi connectivity index (χ0v) is 10.6. The minimum Gasteiger partial charge on any atom is -0.462 e. The van der Waals surface area contributed by atoms with Crippen molar-refractivity contribution in [3.8, 4) is 0 Å². The van der Waals surface area contributed by atoms with Crippen molar-refractivity contribution in [2.24, 2.45) is 0 Å². The predicted molar refractivity (Wildman–Crippen MR) is 60.0 cm³/mol. The second kappa shape index (κ2) is 8.96. The van der Waals surface area contributed by atoms with Crippen LogP contribution in [0.15, 0.2) is 12.2 Å². The Bertz CT molecular complexity index is 180. The van der Waals surface area contributed by atoms with Gasteiger partial charge in [-0.1, -0.05) is 19.4 Å². The molecule has 0 N–H and O–H groups in total. The molecule has 0 aromatic carbocycles. The summed E-state index contributed by atoms with van der Waals surface area (Å²) in [6.45, 7) is 5.68. The van der Waals surface area contributed by atoms with Crippen LogP contribution in [-0.2, 0) is 14.0 Å². The lowest BCUT2D eigenvalue weighted by Crippen LogP contribution is -2.06. The van der Waals surface area contributed by atoms with Gasteiger partial charge in [0.05, 0.1) is 6.61 Å². The lowest BCUT2D eigenvalue weighted by atomic mass is 10.3. The first-order valence-electron chi connectivity index (χ1n) is 5.00. The van der Waals surface area contributed by atoms with E-state index in [4.69, 9.17) is 9.16 Å².